The van der Waals surface area contributed by atoms with E-state index in [1.807, 2.05) is 7.05 Å². The maximum atomic E-state index is 12.1. The highest BCUT2D eigenvalue weighted by Gasteiger charge is 2.26. The first-order valence-corrected chi connectivity index (χ1v) is 4.19. The molecule has 74 valence electrons. The van der Waals surface area contributed by atoms with Crippen molar-refractivity contribution >= 4 is 12.4 Å². The van der Waals surface area contributed by atoms with Crippen molar-refractivity contribution in [3.05, 3.63) is 0 Å². The quantitative estimate of drug-likeness (QED) is 0.721. The Morgan fingerprint density at radius 1 is 1.17 bits per heavy atom. The summed E-state index contributed by atoms with van der Waals surface area (Å²) in [6.07, 6.45) is 1.08. The summed E-state index contributed by atoms with van der Waals surface area (Å²) in [5, 5.41) is 3.12. The third-order valence-corrected chi connectivity index (χ3v) is 2.54. The van der Waals surface area contributed by atoms with Crippen molar-refractivity contribution < 1.29 is 8.78 Å². The second-order valence-corrected chi connectivity index (χ2v) is 3.23. The Bertz CT molecular complexity index is 114. The highest BCUT2D eigenvalue weighted by atomic mass is 35.5. The summed E-state index contributed by atoms with van der Waals surface area (Å²) >= 11 is 0. The molecule has 1 aliphatic carbocycles. The van der Waals surface area contributed by atoms with Crippen molar-refractivity contribution in [2.45, 2.75) is 38.2 Å². The number of nitrogens with one attached hydrogen (secondary N) is 1. The summed E-state index contributed by atoms with van der Waals surface area (Å²) < 4.78 is 24.3. The monoisotopic (exact) mass is 199 g/mol. The molecule has 1 saturated carbocycles. The van der Waals surface area contributed by atoms with Gasteiger partial charge in [-0.15, -0.1) is 12.4 Å². The van der Waals surface area contributed by atoms with Crippen LogP contribution in [0, 0.1) is 5.92 Å². The molecule has 0 unspecified atom stereocenters. The number of hydrogen-bond donors (Lipinski definition) is 1. The molecule has 1 aliphatic rings. The Morgan fingerprint density at radius 3 is 2.00 bits per heavy atom. The highest BCUT2D eigenvalue weighted by Crippen LogP contribution is 2.28. The van der Waals surface area contributed by atoms with Crippen molar-refractivity contribution in [2.75, 3.05) is 7.05 Å². The zero-order chi connectivity index (χ0) is 8.27. The van der Waals surface area contributed by atoms with Gasteiger partial charge in [-0.3, -0.25) is 0 Å². The van der Waals surface area contributed by atoms with Crippen LogP contribution in [0.15, 0.2) is 0 Å². The van der Waals surface area contributed by atoms with Gasteiger partial charge >= 0.3 is 0 Å². The van der Waals surface area contributed by atoms with Gasteiger partial charge in [0.05, 0.1) is 0 Å². The Hall–Kier alpha value is 0.110. The largest absolute Gasteiger partial charge is 0.317 e. The third kappa shape index (κ3) is 3.23. The van der Waals surface area contributed by atoms with E-state index >= 15 is 0 Å². The molecule has 1 nitrogen and oxygen atoms in total. The first-order chi connectivity index (χ1) is 5.24. The van der Waals surface area contributed by atoms with Crippen molar-refractivity contribution in [3.63, 3.8) is 0 Å². The van der Waals surface area contributed by atoms with E-state index in [1.165, 1.54) is 0 Å². The second kappa shape index (κ2) is 5.70. The first kappa shape index (κ1) is 12.1. The lowest BCUT2D eigenvalue weighted by molar-refractivity contribution is 0.0513. The molecule has 1 fully saturated rings. The summed E-state index contributed by atoms with van der Waals surface area (Å²) in [6, 6.07) is 0.477. The van der Waals surface area contributed by atoms with Crippen LogP contribution in [0.5, 0.6) is 0 Å². The predicted octanol–water partition coefficient (Wildman–Crippen LogP) is 2.45. The summed E-state index contributed by atoms with van der Waals surface area (Å²) in [5.41, 5.74) is 0. The topological polar surface area (TPSA) is 12.0 Å². The fourth-order valence-corrected chi connectivity index (χ4v) is 1.66. The third-order valence-electron chi connectivity index (χ3n) is 2.54. The van der Waals surface area contributed by atoms with E-state index in [0.29, 0.717) is 18.9 Å². The minimum atomic E-state index is -2.10. The predicted molar refractivity (Wildman–Crippen MR) is 48.1 cm³/mol. The molecule has 0 saturated heterocycles. The Labute approximate surface area is 78.3 Å². The van der Waals surface area contributed by atoms with E-state index in [9.17, 15) is 8.78 Å². The molecule has 0 bridgehead atoms. The van der Waals surface area contributed by atoms with E-state index in [-0.39, 0.29) is 18.3 Å². The van der Waals surface area contributed by atoms with E-state index < -0.39 is 6.43 Å². The smallest absolute Gasteiger partial charge is 0.241 e. The van der Waals surface area contributed by atoms with Gasteiger partial charge in [0.1, 0.15) is 0 Å². The van der Waals surface area contributed by atoms with Crippen LogP contribution in [0.25, 0.3) is 0 Å². The number of alkyl halides is 2. The molecule has 0 aromatic heterocycles. The van der Waals surface area contributed by atoms with Crippen molar-refractivity contribution in [3.8, 4) is 0 Å². The van der Waals surface area contributed by atoms with Crippen LogP contribution in [0.3, 0.4) is 0 Å². The molecule has 0 amide bonds. The molecule has 0 radical (unpaired) electrons. The minimum Gasteiger partial charge on any atom is -0.317 e. The van der Waals surface area contributed by atoms with Crippen LogP contribution in [0.2, 0.25) is 0 Å². The van der Waals surface area contributed by atoms with E-state index in [1.54, 1.807) is 0 Å². The highest BCUT2D eigenvalue weighted by molar-refractivity contribution is 5.85. The lowest BCUT2D eigenvalue weighted by Crippen LogP contribution is -2.31. The normalized spacial score (nSPS) is 30.0. The standard InChI is InChI=1S/C8H15F2N.ClH/c1-11-7-4-2-6(3-5-7)8(9)10;/h6-8,11H,2-5H2,1H3;1H. The second-order valence-electron chi connectivity index (χ2n) is 3.23. The molecular weight excluding hydrogens is 184 g/mol. The van der Waals surface area contributed by atoms with Gasteiger partial charge in [0, 0.05) is 12.0 Å². The van der Waals surface area contributed by atoms with Gasteiger partial charge in [0.2, 0.25) is 6.43 Å². The lowest BCUT2D eigenvalue weighted by Gasteiger charge is -2.27. The molecule has 1 N–H and O–H groups in total. The lowest BCUT2D eigenvalue weighted by atomic mass is 9.86. The SMILES string of the molecule is CNC1CCC(C(F)F)CC1.Cl. The zero-order valence-electron chi connectivity index (χ0n) is 7.22. The van der Waals surface area contributed by atoms with E-state index in [2.05, 4.69) is 5.32 Å². The van der Waals surface area contributed by atoms with Gasteiger partial charge in [-0.05, 0) is 32.7 Å². The molecule has 0 aliphatic heterocycles. The van der Waals surface area contributed by atoms with Crippen LogP contribution < -0.4 is 5.32 Å². The fourth-order valence-electron chi connectivity index (χ4n) is 1.66. The molecule has 0 heterocycles. The maximum Gasteiger partial charge on any atom is 0.241 e. The summed E-state index contributed by atoms with van der Waals surface area (Å²) in [7, 11) is 1.90. The molecular formula is C8H16ClF2N. The van der Waals surface area contributed by atoms with Gasteiger partial charge in [-0.1, -0.05) is 0 Å². The van der Waals surface area contributed by atoms with Gasteiger partial charge in [-0.25, -0.2) is 8.78 Å². The van der Waals surface area contributed by atoms with Gasteiger partial charge < -0.3 is 5.32 Å². The van der Waals surface area contributed by atoms with Crippen molar-refractivity contribution in [2.24, 2.45) is 5.92 Å². The molecule has 0 aromatic carbocycles. The Balaban J connectivity index is 0.00000121. The van der Waals surface area contributed by atoms with Crippen LogP contribution in [-0.2, 0) is 0 Å². The van der Waals surface area contributed by atoms with Crippen molar-refractivity contribution in [1.29, 1.82) is 0 Å². The van der Waals surface area contributed by atoms with Gasteiger partial charge in [-0.2, -0.15) is 0 Å². The van der Waals surface area contributed by atoms with E-state index in [0.717, 1.165) is 12.8 Å². The molecule has 0 atom stereocenters. The first-order valence-electron chi connectivity index (χ1n) is 4.19. The molecule has 12 heavy (non-hydrogen) atoms. The molecule has 1 rings (SSSR count). The van der Waals surface area contributed by atoms with Crippen LogP contribution in [0.1, 0.15) is 25.7 Å². The summed E-state index contributed by atoms with van der Waals surface area (Å²) in [6.45, 7) is 0. The summed E-state index contributed by atoms with van der Waals surface area (Å²) in [4.78, 5) is 0. The number of rotatable bonds is 2. The Morgan fingerprint density at radius 2 is 1.67 bits per heavy atom. The average molecular weight is 200 g/mol. The minimum absolute atomic E-state index is 0. The van der Waals surface area contributed by atoms with Crippen LogP contribution >= 0.6 is 12.4 Å². The molecule has 4 heteroatoms. The zero-order valence-corrected chi connectivity index (χ0v) is 8.04. The van der Waals surface area contributed by atoms with Gasteiger partial charge in [0.25, 0.3) is 0 Å². The molecule has 0 spiro atoms. The Kier molecular flexibility index (Phi) is 5.76. The summed E-state index contributed by atoms with van der Waals surface area (Å²) in [5.74, 6) is -0.334. The maximum absolute atomic E-state index is 12.1. The molecule has 0 aromatic rings. The number of hydrogen-bond acceptors (Lipinski definition) is 1. The number of halogens is 3. The van der Waals surface area contributed by atoms with Crippen LogP contribution in [-0.4, -0.2) is 19.5 Å². The fraction of sp³-hybridized carbons (Fsp3) is 1.00. The van der Waals surface area contributed by atoms with E-state index in [4.69, 9.17) is 0 Å². The van der Waals surface area contributed by atoms with Crippen LogP contribution in [0.4, 0.5) is 8.78 Å². The van der Waals surface area contributed by atoms with Crippen molar-refractivity contribution in [1.82, 2.24) is 5.32 Å². The van der Waals surface area contributed by atoms with Gasteiger partial charge in [0.15, 0.2) is 0 Å². The average Bonchev–Trinajstić information content (AvgIpc) is 2.05.